The summed E-state index contributed by atoms with van der Waals surface area (Å²) in [6.45, 7) is 0. The molecule has 0 unspecified atom stereocenters. The summed E-state index contributed by atoms with van der Waals surface area (Å²) in [4.78, 5) is 21.7. The van der Waals surface area contributed by atoms with Crippen molar-refractivity contribution in [2.75, 3.05) is 17.5 Å². The fourth-order valence-corrected chi connectivity index (χ4v) is 2.35. The maximum atomic E-state index is 11.6. The van der Waals surface area contributed by atoms with Gasteiger partial charge in [0.2, 0.25) is 10.0 Å². The highest BCUT2D eigenvalue weighted by molar-refractivity contribution is 7.92. The lowest BCUT2D eigenvalue weighted by molar-refractivity contribution is -0.136. The minimum atomic E-state index is -3.74. The van der Waals surface area contributed by atoms with Crippen molar-refractivity contribution in [3.8, 4) is 0 Å². The third-order valence-electron chi connectivity index (χ3n) is 2.21. The van der Waals surface area contributed by atoms with Gasteiger partial charge in [-0.3, -0.25) is 14.3 Å². The Kier molecular flexibility index (Phi) is 4.87. The fraction of sp³-hybridized carbons (Fsp3) is 0.273. The Bertz CT molecular complexity index is 583. The standard InChI is InChI=1S/C11H14N2O5S/c1-12-11(16)8-3-2-4-9(7-8)13-19(17,18)6-5-10(14)15/h2-4,7,13H,5-6H2,1H3,(H,12,16)(H,14,15). The van der Waals surface area contributed by atoms with Gasteiger partial charge in [-0.2, -0.15) is 0 Å². The number of rotatable bonds is 6. The van der Waals surface area contributed by atoms with Gasteiger partial charge in [-0.1, -0.05) is 6.07 Å². The molecule has 0 bridgehead atoms. The normalized spacial score (nSPS) is 10.8. The Balaban J connectivity index is 2.82. The van der Waals surface area contributed by atoms with Gasteiger partial charge in [-0.25, -0.2) is 8.42 Å². The van der Waals surface area contributed by atoms with E-state index in [1.807, 2.05) is 0 Å². The lowest BCUT2D eigenvalue weighted by atomic mass is 10.2. The second-order valence-electron chi connectivity index (χ2n) is 3.72. The van der Waals surface area contributed by atoms with E-state index in [2.05, 4.69) is 10.0 Å². The van der Waals surface area contributed by atoms with E-state index >= 15 is 0 Å². The summed E-state index contributed by atoms with van der Waals surface area (Å²) >= 11 is 0. The van der Waals surface area contributed by atoms with Crippen LogP contribution in [0.25, 0.3) is 0 Å². The third kappa shape index (κ3) is 4.96. The van der Waals surface area contributed by atoms with Crippen LogP contribution in [-0.2, 0) is 14.8 Å². The van der Waals surface area contributed by atoms with E-state index in [-0.39, 0.29) is 11.6 Å². The maximum Gasteiger partial charge on any atom is 0.304 e. The monoisotopic (exact) mass is 286 g/mol. The third-order valence-corrected chi connectivity index (χ3v) is 3.50. The number of carboxylic acid groups (broad SMARTS) is 1. The Morgan fingerprint density at radius 2 is 2.00 bits per heavy atom. The molecule has 0 atom stereocenters. The molecule has 0 saturated carbocycles. The zero-order chi connectivity index (χ0) is 14.5. The van der Waals surface area contributed by atoms with Crippen LogP contribution in [0.1, 0.15) is 16.8 Å². The summed E-state index contributed by atoms with van der Waals surface area (Å²) in [7, 11) is -2.28. The summed E-state index contributed by atoms with van der Waals surface area (Å²) in [5.41, 5.74) is 0.521. The molecular formula is C11H14N2O5S. The molecule has 1 aromatic rings. The van der Waals surface area contributed by atoms with E-state index in [1.165, 1.54) is 31.3 Å². The minimum absolute atomic E-state index is 0.214. The van der Waals surface area contributed by atoms with Gasteiger partial charge < -0.3 is 10.4 Å². The van der Waals surface area contributed by atoms with Crippen molar-refractivity contribution in [2.24, 2.45) is 0 Å². The molecule has 0 heterocycles. The molecule has 0 fully saturated rings. The molecule has 0 aliphatic carbocycles. The molecule has 0 spiro atoms. The maximum absolute atomic E-state index is 11.6. The number of hydrogen-bond acceptors (Lipinski definition) is 4. The van der Waals surface area contributed by atoms with E-state index in [0.717, 1.165) is 0 Å². The number of carbonyl (C=O) groups excluding carboxylic acids is 1. The topological polar surface area (TPSA) is 113 Å². The molecule has 3 N–H and O–H groups in total. The molecule has 0 aliphatic heterocycles. The number of anilines is 1. The van der Waals surface area contributed by atoms with Crippen molar-refractivity contribution in [1.82, 2.24) is 5.32 Å². The molecule has 0 aromatic heterocycles. The predicted octanol–water partition coefficient (Wildman–Crippen LogP) is 0.263. The summed E-state index contributed by atoms with van der Waals surface area (Å²) in [5, 5.41) is 10.9. The number of hydrogen-bond donors (Lipinski definition) is 3. The first-order valence-corrected chi connectivity index (χ1v) is 7.04. The number of amides is 1. The number of benzene rings is 1. The number of aliphatic carboxylic acids is 1. The van der Waals surface area contributed by atoms with Crippen LogP contribution in [0.4, 0.5) is 5.69 Å². The molecule has 1 aromatic carbocycles. The highest BCUT2D eigenvalue weighted by Gasteiger charge is 2.13. The van der Waals surface area contributed by atoms with Crippen LogP contribution >= 0.6 is 0 Å². The quantitative estimate of drug-likeness (QED) is 0.694. The number of nitrogens with one attached hydrogen (secondary N) is 2. The van der Waals surface area contributed by atoms with Crippen molar-refractivity contribution < 1.29 is 23.1 Å². The smallest absolute Gasteiger partial charge is 0.304 e. The summed E-state index contributed by atoms with van der Waals surface area (Å²) in [6, 6.07) is 5.91. The van der Waals surface area contributed by atoms with Crippen molar-refractivity contribution in [2.45, 2.75) is 6.42 Å². The number of sulfonamides is 1. The lowest BCUT2D eigenvalue weighted by Crippen LogP contribution is -2.20. The van der Waals surface area contributed by atoms with Crippen molar-refractivity contribution in [3.63, 3.8) is 0 Å². The van der Waals surface area contributed by atoms with Crippen molar-refractivity contribution in [1.29, 1.82) is 0 Å². The zero-order valence-corrected chi connectivity index (χ0v) is 11.0. The first-order chi connectivity index (χ1) is 8.84. The lowest BCUT2D eigenvalue weighted by Gasteiger charge is -2.08. The molecule has 104 valence electrons. The molecular weight excluding hydrogens is 272 g/mol. The molecule has 7 nitrogen and oxygen atoms in total. The van der Waals surface area contributed by atoms with Crippen molar-refractivity contribution in [3.05, 3.63) is 29.8 Å². The van der Waals surface area contributed by atoms with Gasteiger partial charge in [0, 0.05) is 18.3 Å². The van der Waals surface area contributed by atoms with Gasteiger partial charge in [-0.05, 0) is 18.2 Å². The van der Waals surface area contributed by atoms with Crippen molar-refractivity contribution >= 4 is 27.6 Å². The Morgan fingerprint density at radius 1 is 1.32 bits per heavy atom. The van der Waals surface area contributed by atoms with Gasteiger partial charge >= 0.3 is 5.97 Å². The zero-order valence-electron chi connectivity index (χ0n) is 10.2. The molecule has 8 heteroatoms. The summed E-state index contributed by atoms with van der Waals surface area (Å²) < 4.78 is 25.4. The van der Waals surface area contributed by atoms with Gasteiger partial charge in [0.1, 0.15) is 0 Å². The highest BCUT2D eigenvalue weighted by Crippen LogP contribution is 2.12. The molecule has 1 rings (SSSR count). The van der Waals surface area contributed by atoms with Gasteiger partial charge in [0.15, 0.2) is 0 Å². The van der Waals surface area contributed by atoms with Crippen LogP contribution in [0.15, 0.2) is 24.3 Å². The number of carboxylic acids is 1. The Morgan fingerprint density at radius 3 is 2.58 bits per heavy atom. The van der Waals surface area contributed by atoms with Crippen LogP contribution in [-0.4, -0.2) is 38.2 Å². The average Bonchev–Trinajstić information content (AvgIpc) is 2.35. The minimum Gasteiger partial charge on any atom is -0.481 e. The first-order valence-electron chi connectivity index (χ1n) is 5.38. The molecule has 0 radical (unpaired) electrons. The van der Waals surface area contributed by atoms with E-state index in [1.54, 1.807) is 0 Å². The van der Waals surface area contributed by atoms with Gasteiger partial charge in [-0.15, -0.1) is 0 Å². The fourth-order valence-electron chi connectivity index (χ4n) is 1.32. The van der Waals surface area contributed by atoms with Gasteiger partial charge in [0.25, 0.3) is 5.91 Å². The van der Waals surface area contributed by atoms with E-state index in [4.69, 9.17) is 5.11 Å². The first kappa shape index (κ1) is 15.0. The highest BCUT2D eigenvalue weighted by atomic mass is 32.2. The summed E-state index contributed by atoms with van der Waals surface area (Å²) in [5.74, 6) is -2.05. The molecule has 19 heavy (non-hydrogen) atoms. The SMILES string of the molecule is CNC(=O)c1cccc(NS(=O)(=O)CCC(=O)O)c1. The molecule has 0 saturated heterocycles. The second kappa shape index (κ2) is 6.19. The van der Waals surface area contributed by atoms with Crippen LogP contribution in [0.2, 0.25) is 0 Å². The van der Waals surface area contributed by atoms with E-state index in [0.29, 0.717) is 5.56 Å². The molecule has 0 aliphatic rings. The average molecular weight is 286 g/mol. The second-order valence-corrected chi connectivity index (χ2v) is 5.57. The van der Waals surface area contributed by atoms with Gasteiger partial charge in [0.05, 0.1) is 12.2 Å². The van der Waals surface area contributed by atoms with Crippen LogP contribution < -0.4 is 10.0 Å². The van der Waals surface area contributed by atoms with Crippen LogP contribution in [0, 0.1) is 0 Å². The number of carbonyl (C=O) groups is 2. The Labute approximate surface area is 110 Å². The summed E-state index contributed by atoms with van der Waals surface area (Å²) in [6.07, 6.45) is -0.482. The molecule has 1 amide bonds. The van der Waals surface area contributed by atoms with E-state index in [9.17, 15) is 18.0 Å². The van der Waals surface area contributed by atoms with Crippen LogP contribution in [0.5, 0.6) is 0 Å². The van der Waals surface area contributed by atoms with Crippen LogP contribution in [0.3, 0.4) is 0 Å². The largest absolute Gasteiger partial charge is 0.481 e. The predicted molar refractivity (Wildman–Crippen MR) is 69.5 cm³/mol. The van der Waals surface area contributed by atoms with E-state index < -0.39 is 28.2 Å². The Hall–Kier alpha value is -2.09.